The lowest BCUT2D eigenvalue weighted by Gasteiger charge is -2.30. The molecular formula is C19H25N3O. The van der Waals surface area contributed by atoms with E-state index in [0.29, 0.717) is 23.0 Å². The molecule has 0 aromatic carbocycles. The third kappa shape index (κ3) is 3.55. The van der Waals surface area contributed by atoms with Gasteiger partial charge in [-0.25, -0.2) is 4.98 Å². The number of hydrogen-bond acceptors (Lipinski definition) is 3. The SMILES string of the molecule is Cc1nc(C(=O)N2CCC[C@@H]2CC2CCCCC2)ccc1C#N. The Morgan fingerprint density at radius 1 is 1.26 bits per heavy atom. The number of likely N-dealkylation sites (tertiary alicyclic amines) is 1. The van der Waals surface area contributed by atoms with Crippen molar-refractivity contribution in [1.82, 2.24) is 9.88 Å². The van der Waals surface area contributed by atoms with Crippen molar-refractivity contribution in [1.29, 1.82) is 5.26 Å². The number of carbonyl (C=O) groups is 1. The van der Waals surface area contributed by atoms with Crippen molar-refractivity contribution in [2.24, 2.45) is 5.92 Å². The minimum atomic E-state index is 0.0379. The van der Waals surface area contributed by atoms with Crippen LogP contribution in [0, 0.1) is 24.2 Å². The number of carbonyl (C=O) groups excluding carboxylic acids is 1. The fourth-order valence-corrected chi connectivity index (χ4v) is 4.10. The zero-order chi connectivity index (χ0) is 16.2. The minimum Gasteiger partial charge on any atom is -0.334 e. The van der Waals surface area contributed by atoms with E-state index in [-0.39, 0.29) is 5.91 Å². The Kier molecular flexibility index (Phi) is 4.95. The molecule has 1 aromatic heterocycles. The van der Waals surface area contributed by atoms with Crippen molar-refractivity contribution in [2.75, 3.05) is 6.54 Å². The molecule has 2 heterocycles. The summed E-state index contributed by atoms with van der Waals surface area (Å²) >= 11 is 0. The quantitative estimate of drug-likeness (QED) is 0.852. The molecule has 0 N–H and O–H groups in total. The fourth-order valence-electron chi connectivity index (χ4n) is 4.10. The number of aryl methyl sites for hydroxylation is 1. The predicted octanol–water partition coefficient (Wildman–Crippen LogP) is 3.84. The highest BCUT2D eigenvalue weighted by Crippen LogP contribution is 2.32. The smallest absolute Gasteiger partial charge is 0.272 e. The first-order chi connectivity index (χ1) is 11.2. The molecule has 1 saturated carbocycles. The normalized spacial score (nSPS) is 22.1. The zero-order valence-corrected chi connectivity index (χ0v) is 13.9. The van der Waals surface area contributed by atoms with Crippen LogP contribution in [-0.4, -0.2) is 28.4 Å². The summed E-state index contributed by atoms with van der Waals surface area (Å²) in [6, 6.07) is 5.89. The van der Waals surface area contributed by atoms with Crippen molar-refractivity contribution in [3.8, 4) is 6.07 Å². The zero-order valence-electron chi connectivity index (χ0n) is 13.9. The van der Waals surface area contributed by atoms with Gasteiger partial charge in [0.2, 0.25) is 0 Å². The topological polar surface area (TPSA) is 57.0 Å². The molecule has 1 saturated heterocycles. The molecule has 122 valence electrons. The van der Waals surface area contributed by atoms with Gasteiger partial charge in [-0.3, -0.25) is 4.79 Å². The van der Waals surface area contributed by atoms with Crippen LogP contribution in [0.1, 0.15) is 73.1 Å². The van der Waals surface area contributed by atoms with E-state index in [2.05, 4.69) is 11.1 Å². The average molecular weight is 311 g/mol. The van der Waals surface area contributed by atoms with Crippen LogP contribution in [0.5, 0.6) is 0 Å². The second kappa shape index (κ2) is 7.12. The summed E-state index contributed by atoms with van der Waals surface area (Å²) < 4.78 is 0. The number of aromatic nitrogens is 1. The van der Waals surface area contributed by atoms with Crippen LogP contribution in [0.15, 0.2) is 12.1 Å². The van der Waals surface area contributed by atoms with Gasteiger partial charge >= 0.3 is 0 Å². The van der Waals surface area contributed by atoms with Gasteiger partial charge in [-0.15, -0.1) is 0 Å². The summed E-state index contributed by atoms with van der Waals surface area (Å²) in [5.74, 6) is 0.828. The summed E-state index contributed by atoms with van der Waals surface area (Å²) in [7, 11) is 0. The molecule has 23 heavy (non-hydrogen) atoms. The summed E-state index contributed by atoms with van der Waals surface area (Å²) in [6.45, 7) is 2.63. The van der Waals surface area contributed by atoms with Crippen molar-refractivity contribution in [3.63, 3.8) is 0 Å². The maximum atomic E-state index is 12.8. The number of pyridine rings is 1. The molecule has 0 unspecified atom stereocenters. The Morgan fingerprint density at radius 2 is 2.04 bits per heavy atom. The van der Waals surface area contributed by atoms with Crippen LogP contribution < -0.4 is 0 Å². The molecule has 4 nitrogen and oxygen atoms in total. The molecule has 2 aliphatic rings. The molecule has 4 heteroatoms. The van der Waals surface area contributed by atoms with Gasteiger partial charge in [-0.2, -0.15) is 5.26 Å². The largest absolute Gasteiger partial charge is 0.334 e. The standard InChI is InChI=1S/C19H25N3O/c1-14-16(13-20)9-10-18(21-14)19(23)22-11-5-8-17(22)12-15-6-3-2-4-7-15/h9-10,15,17H,2-8,11-12H2,1H3/t17-/m1/s1. The molecule has 0 radical (unpaired) electrons. The highest BCUT2D eigenvalue weighted by Gasteiger charge is 2.32. The van der Waals surface area contributed by atoms with Crippen LogP contribution in [-0.2, 0) is 0 Å². The Morgan fingerprint density at radius 3 is 2.74 bits per heavy atom. The van der Waals surface area contributed by atoms with Gasteiger partial charge in [0, 0.05) is 12.6 Å². The second-order valence-corrected chi connectivity index (χ2v) is 6.98. The van der Waals surface area contributed by atoms with Crippen molar-refractivity contribution < 1.29 is 4.79 Å². The van der Waals surface area contributed by atoms with E-state index in [9.17, 15) is 4.79 Å². The lowest BCUT2D eigenvalue weighted by atomic mass is 9.84. The molecule has 0 bridgehead atoms. The van der Waals surface area contributed by atoms with E-state index >= 15 is 0 Å². The molecule has 1 aliphatic carbocycles. The third-order valence-corrected chi connectivity index (χ3v) is 5.39. The van der Waals surface area contributed by atoms with Gasteiger partial charge in [0.05, 0.1) is 11.3 Å². The Labute approximate surface area is 138 Å². The highest BCUT2D eigenvalue weighted by molar-refractivity contribution is 5.92. The van der Waals surface area contributed by atoms with Gasteiger partial charge in [0.25, 0.3) is 5.91 Å². The number of hydrogen-bond donors (Lipinski definition) is 0. The van der Waals surface area contributed by atoms with Gasteiger partial charge in [-0.05, 0) is 44.2 Å². The summed E-state index contributed by atoms with van der Waals surface area (Å²) in [6.07, 6.45) is 10.1. The Hall–Kier alpha value is -1.89. The Bertz CT molecular complexity index is 614. The first-order valence-corrected chi connectivity index (χ1v) is 8.87. The summed E-state index contributed by atoms with van der Waals surface area (Å²) in [5, 5.41) is 9.00. The van der Waals surface area contributed by atoms with Gasteiger partial charge in [0.15, 0.2) is 0 Å². The molecule has 2 fully saturated rings. The molecule has 0 spiro atoms. The fraction of sp³-hybridized carbons (Fsp3) is 0.632. The van der Waals surface area contributed by atoms with Crippen LogP contribution in [0.3, 0.4) is 0 Å². The maximum absolute atomic E-state index is 12.8. The van der Waals surface area contributed by atoms with E-state index < -0.39 is 0 Å². The lowest BCUT2D eigenvalue weighted by molar-refractivity contribution is 0.0705. The highest BCUT2D eigenvalue weighted by atomic mass is 16.2. The number of nitrogens with zero attached hydrogens (tertiary/aromatic N) is 3. The number of rotatable bonds is 3. The Balaban J connectivity index is 1.70. The summed E-state index contributed by atoms with van der Waals surface area (Å²) in [5.41, 5.74) is 1.67. The van der Waals surface area contributed by atoms with E-state index in [1.807, 2.05) is 4.90 Å². The van der Waals surface area contributed by atoms with E-state index in [0.717, 1.165) is 31.7 Å². The molecular weight excluding hydrogens is 286 g/mol. The third-order valence-electron chi connectivity index (χ3n) is 5.39. The molecule has 1 aromatic rings. The maximum Gasteiger partial charge on any atom is 0.272 e. The van der Waals surface area contributed by atoms with Gasteiger partial charge in [0.1, 0.15) is 11.8 Å². The molecule has 1 aliphatic heterocycles. The molecule has 1 atom stereocenters. The van der Waals surface area contributed by atoms with Crippen molar-refractivity contribution in [2.45, 2.75) is 64.3 Å². The molecule has 1 amide bonds. The summed E-state index contributed by atoms with van der Waals surface area (Å²) in [4.78, 5) is 19.2. The predicted molar refractivity (Wildman–Crippen MR) is 88.9 cm³/mol. The van der Waals surface area contributed by atoms with Crippen LogP contribution in [0.4, 0.5) is 0 Å². The lowest BCUT2D eigenvalue weighted by Crippen LogP contribution is -2.37. The van der Waals surface area contributed by atoms with Gasteiger partial charge in [-0.1, -0.05) is 32.1 Å². The number of amides is 1. The van der Waals surface area contributed by atoms with E-state index in [4.69, 9.17) is 5.26 Å². The van der Waals surface area contributed by atoms with Crippen LogP contribution in [0.2, 0.25) is 0 Å². The number of nitriles is 1. The first kappa shape index (κ1) is 16.0. The van der Waals surface area contributed by atoms with Crippen LogP contribution >= 0.6 is 0 Å². The molecule has 3 rings (SSSR count). The van der Waals surface area contributed by atoms with Gasteiger partial charge < -0.3 is 4.90 Å². The van der Waals surface area contributed by atoms with E-state index in [1.54, 1.807) is 19.1 Å². The second-order valence-electron chi connectivity index (χ2n) is 6.98. The van der Waals surface area contributed by atoms with Crippen LogP contribution in [0.25, 0.3) is 0 Å². The first-order valence-electron chi connectivity index (χ1n) is 8.87. The van der Waals surface area contributed by atoms with Crippen molar-refractivity contribution >= 4 is 5.91 Å². The minimum absolute atomic E-state index is 0.0379. The average Bonchev–Trinajstić information content (AvgIpc) is 3.03. The van der Waals surface area contributed by atoms with E-state index in [1.165, 1.54) is 32.1 Å². The van der Waals surface area contributed by atoms with Crippen molar-refractivity contribution in [3.05, 3.63) is 29.1 Å². The monoisotopic (exact) mass is 311 g/mol.